The number of pyridine rings is 1. The topological polar surface area (TPSA) is 103 Å². The third-order valence-electron chi connectivity index (χ3n) is 5.18. The van der Waals surface area contributed by atoms with Crippen molar-refractivity contribution in [3.05, 3.63) is 53.9 Å². The fourth-order valence-electron chi connectivity index (χ4n) is 3.58. The standard InChI is InChI=1S/C20H21N5O3/c1-28-15-8-10-24(11-9-15)20(27)14-4-2-13(3-5-14)17-7-6-16(18(21)26)19-22-12-23-25(17)19/h2-7,12,15H,8-11H2,1H3,(H2,21,26). The minimum absolute atomic E-state index is 0.0242. The number of benzene rings is 1. The summed E-state index contributed by atoms with van der Waals surface area (Å²) < 4.78 is 6.94. The van der Waals surface area contributed by atoms with Crippen molar-refractivity contribution in [2.24, 2.45) is 5.73 Å². The smallest absolute Gasteiger partial charge is 0.253 e. The zero-order chi connectivity index (χ0) is 19.7. The number of primary amides is 1. The number of carbonyl (C=O) groups is 2. The average Bonchev–Trinajstić information content (AvgIpc) is 3.22. The second kappa shape index (κ2) is 7.40. The Hall–Kier alpha value is -3.26. The van der Waals surface area contributed by atoms with Crippen LogP contribution < -0.4 is 5.73 Å². The maximum Gasteiger partial charge on any atom is 0.253 e. The Morgan fingerprint density at radius 2 is 1.82 bits per heavy atom. The number of piperidine rings is 1. The highest BCUT2D eigenvalue weighted by atomic mass is 16.5. The number of ether oxygens (including phenoxy) is 1. The van der Waals surface area contributed by atoms with Gasteiger partial charge in [0, 0.05) is 31.3 Å². The van der Waals surface area contributed by atoms with Crippen molar-refractivity contribution >= 4 is 17.5 Å². The van der Waals surface area contributed by atoms with Crippen molar-refractivity contribution in [2.45, 2.75) is 18.9 Å². The molecule has 8 heteroatoms. The third-order valence-corrected chi connectivity index (χ3v) is 5.18. The first-order chi connectivity index (χ1) is 13.6. The van der Waals surface area contributed by atoms with Crippen molar-refractivity contribution in [3.8, 4) is 11.3 Å². The lowest BCUT2D eigenvalue weighted by molar-refractivity contribution is 0.0350. The van der Waals surface area contributed by atoms with Crippen LogP contribution in [-0.2, 0) is 4.74 Å². The van der Waals surface area contributed by atoms with Gasteiger partial charge in [-0.15, -0.1) is 0 Å². The Balaban J connectivity index is 1.58. The van der Waals surface area contributed by atoms with Gasteiger partial charge in [0.1, 0.15) is 6.33 Å². The fraction of sp³-hybridized carbons (Fsp3) is 0.300. The van der Waals surface area contributed by atoms with Gasteiger partial charge < -0.3 is 15.4 Å². The molecule has 2 aromatic heterocycles. The van der Waals surface area contributed by atoms with Gasteiger partial charge in [-0.05, 0) is 37.1 Å². The Bertz CT molecular complexity index is 1020. The normalized spacial score (nSPS) is 15.1. The summed E-state index contributed by atoms with van der Waals surface area (Å²) in [4.78, 5) is 30.3. The summed E-state index contributed by atoms with van der Waals surface area (Å²) >= 11 is 0. The van der Waals surface area contributed by atoms with Crippen LogP contribution in [0.25, 0.3) is 16.9 Å². The number of hydrogen-bond donors (Lipinski definition) is 1. The van der Waals surface area contributed by atoms with Crippen molar-refractivity contribution < 1.29 is 14.3 Å². The molecule has 0 bridgehead atoms. The van der Waals surface area contributed by atoms with Gasteiger partial charge in [0.15, 0.2) is 5.65 Å². The van der Waals surface area contributed by atoms with Gasteiger partial charge in [0.2, 0.25) is 0 Å². The number of nitrogens with two attached hydrogens (primary N) is 1. The number of nitrogens with zero attached hydrogens (tertiary/aromatic N) is 4. The molecule has 0 unspecified atom stereocenters. The van der Waals surface area contributed by atoms with Crippen LogP contribution in [0, 0.1) is 0 Å². The van der Waals surface area contributed by atoms with E-state index >= 15 is 0 Å². The number of rotatable bonds is 4. The van der Waals surface area contributed by atoms with Crippen LogP contribution in [-0.4, -0.2) is 57.6 Å². The summed E-state index contributed by atoms with van der Waals surface area (Å²) in [5, 5.41) is 4.19. The minimum Gasteiger partial charge on any atom is -0.381 e. The lowest BCUT2D eigenvalue weighted by Crippen LogP contribution is -2.40. The monoisotopic (exact) mass is 379 g/mol. The first-order valence-corrected chi connectivity index (χ1v) is 9.13. The minimum atomic E-state index is -0.553. The summed E-state index contributed by atoms with van der Waals surface area (Å²) in [6.45, 7) is 1.40. The summed E-state index contributed by atoms with van der Waals surface area (Å²) in [5.74, 6) is -0.529. The Morgan fingerprint density at radius 1 is 1.11 bits per heavy atom. The van der Waals surface area contributed by atoms with E-state index in [-0.39, 0.29) is 12.0 Å². The quantitative estimate of drug-likeness (QED) is 0.744. The molecule has 1 aromatic carbocycles. The van der Waals surface area contributed by atoms with E-state index in [1.807, 2.05) is 29.2 Å². The van der Waals surface area contributed by atoms with E-state index in [1.165, 1.54) is 6.33 Å². The number of hydrogen-bond acceptors (Lipinski definition) is 5. The van der Waals surface area contributed by atoms with Crippen LogP contribution in [0.4, 0.5) is 0 Å². The maximum atomic E-state index is 12.7. The molecule has 2 N–H and O–H groups in total. The maximum absolute atomic E-state index is 12.7. The van der Waals surface area contributed by atoms with E-state index in [0.717, 1.165) is 24.1 Å². The van der Waals surface area contributed by atoms with Crippen molar-refractivity contribution in [2.75, 3.05) is 20.2 Å². The number of carbonyl (C=O) groups excluding carboxylic acids is 2. The van der Waals surface area contributed by atoms with Crippen molar-refractivity contribution in [1.29, 1.82) is 0 Å². The van der Waals surface area contributed by atoms with Gasteiger partial charge in [-0.2, -0.15) is 5.10 Å². The summed E-state index contributed by atoms with van der Waals surface area (Å²) in [7, 11) is 1.71. The Kier molecular flexibility index (Phi) is 4.79. The zero-order valence-electron chi connectivity index (χ0n) is 15.5. The molecule has 8 nitrogen and oxygen atoms in total. The van der Waals surface area contributed by atoms with E-state index < -0.39 is 5.91 Å². The zero-order valence-corrected chi connectivity index (χ0v) is 15.5. The second-order valence-electron chi connectivity index (χ2n) is 6.80. The summed E-state index contributed by atoms with van der Waals surface area (Å²) in [6, 6.07) is 10.8. The SMILES string of the molecule is COC1CCN(C(=O)c2ccc(-c3ccc(C(N)=O)c4ncnn34)cc2)CC1. The Labute approximate surface area is 161 Å². The third kappa shape index (κ3) is 3.22. The molecular weight excluding hydrogens is 358 g/mol. The van der Waals surface area contributed by atoms with Gasteiger partial charge in [-0.3, -0.25) is 9.59 Å². The molecule has 1 aliphatic rings. The molecule has 1 fully saturated rings. The van der Waals surface area contributed by atoms with E-state index in [9.17, 15) is 9.59 Å². The van der Waals surface area contributed by atoms with Gasteiger partial charge >= 0.3 is 0 Å². The highest BCUT2D eigenvalue weighted by Crippen LogP contribution is 2.23. The molecule has 1 saturated heterocycles. The van der Waals surface area contributed by atoms with E-state index in [4.69, 9.17) is 10.5 Å². The molecule has 3 aromatic rings. The Morgan fingerprint density at radius 3 is 2.46 bits per heavy atom. The van der Waals surface area contributed by atoms with Gasteiger partial charge in [0.25, 0.3) is 11.8 Å². The molecule has 0 atom stereocenters. The first-order valence-electron chi connectivity index (χ1n) is 9.13. The molecule has 0 spiro atoms. The van der Waals surface area contributed by atoms with Gasteiger partial charge in [0.05, 0.1) is 17.4 Å². The van der Waals surface area contributed by atoms with E-state index in [1.54, 1.807) is 23.8 Å². The number of fused-ring (bicyclic) bond motifs is 1. The van der Waals surface area contributed by atoms with Gasteiger partial charge in [-0.25, -0.2) is 9.50 Å². The lowest BCUT2D eigenvalue weighted by atomic mass is 10.0. The van der Waals surface area contributed by atoms with Crippen molar-refractivity contribution in [1.82, 2.24) is 19.5 Å². The highest BCUT2D eigenvalue weighted by molar-refractivity contribution is 5.99. The van der Waals surface area contributed by atoms with Crippen LogP contribution in [0.15, 0.2) is 42.7 Å². The predicted octanol–water partition coefficient (Wildman–Crippen LogP) is 1.75. The molecule has 4 rings (SSSR count). The first kappa shape index (κ1) is 18.1. The average molecular weight is 379 g/mol. The molecule has 0 radical (unpaired) electrons. The molecule has 3 heterocycles. The van der Waals surface area contributed by atoms with Crippen LogP contribution >= 0.6 is 0 Å². The largest absolute Gasteiger partial charge is 0.381 e. The highest BCUT2D eigenvalue weighted by Gasteiger charge is 2.23. The number of amides is 2. The second-order valence-corrected chi connectivity index (χ2v) is 6.80. The number of aromatic nitrogens is 3. The molecule has 28 heavy (non-hydrogen) atoms. The van der Waals surface area contributed by atoms with Crippen molar-refractivity contribution in [3.63, 3.8) is 0 Å². The molecule has 144 valence electrons. The van der Waals surface area contributed by atoms with E-state index in [0.29, 0.717) is 29.9 Å². The molecule has 0 aliphatic carbocycles. The van der Waals surface area contributed by atoms with Crippen LogP contribution in [0.5, 0.6) is 0 Å². The fourth-order valence-corrected chi connectivity index (χ4v) is 3.58. The van der Waals surface area contributed by atoms with Crippen LogP contribution in [0.3, 0.4) is 0 Å². The number of likely N-dealkylation sites (tertiary alicyclic amines) is 1. The molecule has 2 amide bonds. The molecule has 0 saturated carbocycles. The van der Waals surface area contributed by atoms with Crippen LogP contribution in [0.2, 0.25) is 0 Å². The number of methoxy groups -OCH3 is 1. The molecular formula is C20H21N5O3. The van der Waals surface area contributed by atoms with Gasteiger partial charge in [-0.1, -0.05) is 12.1 Å². The van der Waals surface area contributed by atoms with Crippen LogP contribution in [0.1, 0.15) is 33.6 Å². The van der Waals surface area contributed by atoms with E-state index in [2.05, 4.69) is 10.1 Å². The predicted molar refractivity (Wildman–Crippen MR) is 103 cm³/mol. The molecule has 1 aliphatic heterocycles. The lowest BCUT2D eigenvalue weighted by Gasteiger charge is -2.31. The summed E-state index contributed by atoms with van der Waals surface area (Å²) in [6.07, 6.45) is 3.33. The summed E-state index contributed by atoms with van der Waals surface area (Å²) in [5.41, 5.74) is 8.39.